The lowest BCUT2D eigenvalue weighted by molar-refractivity contribution is 0.569. The molecular formula is C29H26N2. The van der Waals surface area contributed by atoms with Crippen molar-refractivity contribution in [2.24, 2.45) is 0 Å². The SMILES string of the molecule is Cc1cccc(C(CCC#N)(c2ccccc2)c2ccc(Nc3ccccc3)cc2)c1. The lowest BCUT2D eigenvalue weighted by Crippen LogP contribution is -2.29. The zero-order valence-corrected chi connectivity index (χ0v) is 17.8. The minimum Gasteiger partial charge on any atom is -0.356 e. The van der Waals surface area contributed by atoms with Gasteiger partial charge in [0.15, 0.2) is 0 Å². The molecular weight excluding hydrogens is 376 g/mol. The van der Waals surface area contributed by atoms with Crippen LogP contribution in [0.5, 0.6) is 0 Å². The predicted octanol–water partition coefficient (Wildman–Crippen LogP) is 7.38. The number of nitriles is 1. The summed E-state index contributed by atoms with van der Waals surface area (Å²) < 4.78 is 0. The average molecular weight is 403 g/mol. The second-order valence-corrected chi connectivity index (χ2v) is 7.87. The summed E-state index contributed by atoms with van der Waals surface area (Å²) in [6, 6.07) is 40.4. The van der Waals surface area contributed by atoms with Crippen molar-refractivity contribution in [1.82, 2.24) is 0 Å². The lowest BCUT2D eigenvalue weighted by Gasteiger charge is -2.36. The number of rotatable bonds is 7. The Morgan fingerprint density at radius 3 is 1.90 bits per heavy atom. The van der Waals surface area contributed by atoms with E-state index in [0.717, 1.165) is 17.8 Å². The molecule has 0 aromatic heterocycles. The van der Waals surface area contributed by atoms with Crippen molar-refractivity contribution in [3.05, 3.63) is 131 Å². The Kier molecular flexibility index (Phi) is 6.15. The Bertz CT molecular complexity index is 1160. The molecule has 0 aliphatic rings. The molecule has 0 bridgehead atoms. The van der Waals surface area contributed by atoms with Gasteiger partial charge in [-0.3, -0.25) is 0 Å². The zero-order chi connectivity index (χ0) is 21.5. The molecule has 0 aliphatic carbocycles. The van der Waals surface area contributed by atoms with Crippen LogP contribution in [0.25, 0.3) is 0 Å². The maximum absolute atomic E-state index is 9.47. The number of anilines is 2. The molecule has 31 heavy (non-hydrogen) atoms. The summed E-state index contributed by atoms with van der Waals surface area (Å²) in [5.41, 5.74) is 6.57. The van der Waals surface area contributed by atoms with Crippen molar-refractivity contribution in [3.8, 4) is 6.07 Å². The largest absolute Gasteiger partial charge is 0.356 e. The Hall–Kier alpha value is -3.83. The zero-order valence-electron chi connectivity index (χ0n) is 17.8. The quantitative estimate of drug-likeness (QED) is 0.327. The number of nitrogens with zero attached hydrogens (tertiary/aromatic N) is 1. The van der Waals surface area contributed by atoms with E-state index >= 15 is 0 Å². The van der Waals surface area contributed by atoms with E-state index in [9.17, 15) is 5.26 Å². The Morgan fingerprint density at radius 1 is 0.677 bits per heavy atom. The third-order valence-electron chi connectivity index (χ3n) is 5.83. The van der Waals surface area contributed by atoms with Crippen LogP contribution in [0.2, 0.25) is 0 Å². The Balaban J connectivity index is 1.83. The number of nitrogens with one attached hydrogen (secondary N) is 1. The van der Waals surface area contributed by atoms with Crippen molar-refractivity contribution in [1.29, 1.82) is 5.26 Å². The van der Waals surface area contributed by atoms with Gasteiger partial charge in [-0.15, -0.1) is 0 Å². The van der Waals surface area contributed by atoms with Gasteiger partial charge in [0.2, 0.25) is 0 Å². The molecule has 0 amide bonds. The number of hydrogen-bond acceptors (Lipinski definition) is 2. The highest BCUT2D eigenvalue weighted by Gasteiger charge is 2.36. The van der Waals surface area contributed by atoms with Crippen LogP contribution in [0.4, 0.5) is 11.4 Å². The first-order valence-electron chi connectivity index (χ1n) is 10.6. The molecule has 0 saturated carbocycles. The van der Waals surface area contributed by atoms with Crippen molar-refractivity contribution in [3.63, 3.8) is 0 Å². The van der Waals surface area contributed by atoms with Crippen molar-refractivity contribution in [2.75, 3.05) is 5.32 Å². The van der Waals surface area contributed by atoms with Gasteiger partial charge in [-0.2, -0.15) is 5.26 Å². The highest BCUT2D eigenvalue weighted by atomic mass is 14.9. The average Bonchev–Trinajstić information content (AvgIpc) is 2.82. The molecule has 0 heterocycles. The summed E-state index contributed by atoms with van der Waals surface area (Å²) >= 11 is 0. The molecule has 0 fully saturated rings. The third-order valence-corrected chi connectivity index (χ3v) is 5.83. The van der Waals surface area contributed by atoms with E-state index in [1.807, 2.05) is 24.3 Å². The van der Waals surface area contributed by atoms with Crippen LogP contribution in [0.1, 0.15) is 35.1 Å². The third kappa shape index (κ3) is 4.37. The molecule has 4 aromatic carbocycles. The van der Waals surface area contributed by atoms with E-state index in [1.165, 1.54) is 22.3 Å². The highest BCUT2D eigenvalue weighted by molar-refractivity contribution is 5.61. The van der Waals surface area contributed by atoms with Gasteiger partial charge in [-0.1, -0.05) is 90.5 Å². The summed E-state index contributed by atoms with van der Waals surface area (Å²) in [6.07, 6.45) is 1.20. The van der Waals surface area contributed by atoms with E-state index < -0.39 is 0 Å². The van der Waals surface area contributed by atoms with Gasteiger partial charge in [0, 0.05) is 23.2 Å². The van der Waals surface area contributed by atoms with Gasteiger partial charge in [-0.25, -0.2) is 0 Å². The van der Waals surface area contributed by atoms with Crippen molar-refractivity contribution < 1.29 is 0 Å². The van der Waals surface area contributed by atoms with E-state index in [4.69, 9.17) is 0 Å². The maximum atomic E-state index is 9.47. The maximum Gasteiger partial charge on any atom is 0.0622 e. The van der Waals surface area contributed by atoms with E-state index in [2.05, 4.69) is 103 Å². The van der Waals surface area contributed by atoms with Gasteiger partial charge in [0.25, 0.3) is 0 Å². The highest BCUT2D eigenvalue weighted by Crippen LogP contribution is 2.43. The van der Waals surface area contributed by atoms with Crippen molar-refractivity contribution in [2.45, 2.75) is 25.2 Å². The standard InChI is InChI=1S/C29H26N2/c1-23-10-8-13-26(22-23)29(20-9-21-30,24-11-4-2-5-12-24)25-16-18-28(19-17-25)31-27-14-6-3-7-15-27/h2-8,10-19,22,31H,9,20H2,1H3. The molecule has 4 aromatic rings. The molecule has 0 aliphatic heterocycles. The molecule has 2 nitrogen and oxygen atoms in total. The second kappa shape index (κ2) is 9.32. The van der Waals surface area contributed by atoms with E-state index in [-0.39, 0.29) is 5.41 Å². The monoisotopic (exact) mass is 402 g/mol. The first-order valence-corrected chi connectivity index (χ1v) is 10.6. The molecule has 0 radical (unpaired) electrons. The molecule has 4 rings (SSSR count). The number of benzene rings is 4. The first kappa shape index (κ1) is 20.4. The molecule has 1 unspecified atom stereocenters. The first-order chi connectivity index (χ1) is 15.2. The van der Waals surface area contributed by atoms with Crippen LogP contribution >= 0.6 is 0 Å². The summed E-state index contributed by atoms with van der Waals surface area (Å²) in [4.78, 5) is 0. The number of hydrogen-bond donors (Lipinski definition) is 1. The number of aryl methyl sites for hydroxylation is 1. The molecule has 152 valence electrons. The summed E-state index contributed by atoms with van der Waals surface area (Å²) in [5, 5.41) is 12.9. The summed E-state index contributed by atoms with van der Waals surface area (Å²) in [5.74, 6) is 0. The van der Waals surface area contributed by atoms with Crippen LogP contribution < -0.4 is 5.32 Å². The van der Waals surface area contributed by atoms with Crippen LogP contribution in [0, 0.1) is 18.3 Å². The van der Waals surface area contributed by atoms with Gasteiger partial charge < -0.3 is 5.32 Å². The number of para-hydroxylation sites is 1. The van der Waals surface area contributed by atoms with Gasteiger partial charge in [0.1, 0.15) is 0 Å². The molecule has 0 saturated heterocycles. The van der Waals surface area contributed by atoms with Crippen LogP contribution in [-0.4, -0.2) is 0 Å². The van der Waals surface area contributed by atoms with E-state index in [0.29, 0.717) is 6.42 Å². The summed E-state index contributed by atoms with van der Waals surface area (Å²) in [6.45, 7) is 2.12. The minimum atomic E-state index is -0.381. The fraction of sp³-hybridized carbons (Fsp3) is 0.138. The molecule has 1 atom stereocenters. The van der Waals surface area contributed by atoms with E-state index in [1.54, 1.807) is 0 Å². The summed E-state index contributed by atoms with van der Waals surface area (Å²) in [7, 11) is 0. The molecule has 0 spiro atoms. The predicted molar refractivity (Wildman–Crippen MR) is 129 cm³/mol. The lowest BCUT2D eigenvalue weighted by atomic mass is 9.66. The van der Waals surface area contributed by atoms with Crippen molar-refractivity contribution >= 4 is 11.4 Å². The van der Waals surface area contributed by atoms with Gasteiger partial charge in [0.05, 0.1) is 6.07 Å². The van der Waals surface area contributed by atoms with Gasteiger partial charge in [-0.05, 0) is 54.3 Å². The van der Waals surface area contributed by atoms with Crippen LogP contribution in [0.15, 0.2) is 109 Å². The minimum absolute atomic E-state index is 0.381. The smallest absolute Gasteiger partial charge is 0.0622 e. The van der Waals surface area contributed by atoms with Gasteiger partial charge >= 0.3 is 0 Å². The Labute approximate surface area is 184 Å². The fourth-order valence-electron chi connectivity index (χ4n) is 4.34. The van der Waals surface area contributed by atoms with Crippen LogP contribution in [0.3, 0.4) is 0 Å². The Morgan fingerprint density at radius 2 is 1.26 bits per heavy atom. The molecule has 2 heteroatoms. The fourth-order valence-corrected chi connectivity index (χ4v) is 4.34. The topological polar surface area (TPSA) is 35.8 Å². The second-order valence-electron chi connectivity index (χ2n) is 7.87. The molecule has 1 N–H and O–H groups in total. The normalized spacial score (nSPS) is 12.5. The van der Waals surface area contributed by atoms with Crippen LogP contribution in [-0.2, 0) is 5.41 Å².